The third-order valence-corrected chi connectivity index (χ3v) is 8.68. The molecule has 2 aromatic rings. The number of anilines is 2. The maximum atomic E-state index is 14.2. The molecule has 6 amide bonds. The zero-order valence-electron chi connectivity index (χ0n) is 28.3. The summed E-state index contributed by atoms with van der Waals surface area (Å²) >= 11 is 0. The summed E-state index contributed by atoms with van der Waals surface area (Å²) in [4.78, 5) is 56.7. The normalized spacial score (nSPS) is 16.5. The second-order valence-corrected chi connectivity index (χ2v) is 13.8. The number of alkyl halides is 6. The summed E-state index contributed by atoms with van der Waals surface area (Å²) in [6.07, 6.45) is -7.88. The molecule has 0 aliphatic carbocycles. The van der Waals surface area contributed by atoms with Crippen LogP contribution in [0.15, 0.2) is 48.5 Å². The number of urea groups is 2. The van der Waals surface area contributed by atoms with E-state index in [9.17, 15) is 45.5 Å². The van der Waals surface area contributed by atoms with Crippen molar-refractivity contribution in [1.82, 2.24) is 19.8 Å². The zero-order valence-corrected chi connectivity index (χ0v) is 28.3. The monoisotopic (exact) mass is 712 g/mol. The molecule has 50 heavy (non-hydrogen) atoms. The molecule has 10 nitrogen and oxygen atoms in total. The van der Waals surface area contributed by atoms with Crippen molar-refractivity contribution in [3.63, 3.8) is 0 Å². The number of piperidine rings is 2. The van der Waals surface area contributed by atoms with Crippen molar-refractivity contribution < 1.29 is 45.5 Å². The van der Waals surface area contributed by atoms with E-state index in [0.717, 1.165) is 48.5 Å². The molecule has 2 fully saturated rings. The van der Waals surface area contributed by atoms with Crippen molar-refractivity contribution in [2.24, 2.45) is 5.41 Å². The van der Waals surface area contributed by atoms with Crippen LogP contribution in [0.25, 0.3) is 0 Å². The maximum Gasteiger partial charge on any atom is 0.416 e. The van der Waals surface area contributed by atoms with E-state index < -0.39 is 47.6 Å². The Bertz CT molecular complexity index is 1510. The highest BCUT2D eigenvalue weighted by atomic mass is 19.4. The van der Waals surface area contributed by atoms with E-state index in [2.05, 4.69) is 10.6 Å². The highest BCUT2D eigenvalue weighted by molar-refractivity contribution is 5.94. The fourth-order valence-electron chi connectivity index (χ4n) is 6.08. The lowest BCUT2D eigenvalue weighted by Gasteiger charge is -2.48. The Morgan fingerprint density at radius 3 is 1.28 bits per heavy atom. The van der Waals surface area contributed by atoms with E-state index in [4.69, 9.17) is 0 Å². The molecule has 0 saturated carbocycles. The predicted molar refractivity (Wildman–Crippen MR) is 174 cm³/mol. The zero-order chi connectivity index (χ0) is 37.0. The van der Waals surface area contributed by atoms with Crippen molar-refractivity contribution >= 4 is 35.3 Å². The third-order valence-electron chi connectivity index (χ3n) is 8.68. The van der Waals surface area contributed by atoms with Crippen LogP contribution in [-0.4, -0.2) is 82.0 Å². The Labute approximate surface area is 286 Å². The van der Waals surface area contributed by atoms with Gasteiger partial charge in [0, 0.05) is 50.9 Å². The van der Waals surface area contributed by atoms with E-state index in [1.54, 1.807) is 9.80 Å². The van der Waals surface area contributed by atoms with Crippen molar-refractivity contribution in [1.29, 1.82) is 0 Å². The van der Waals surface area contributed by atoms with Gasteiger partial charge in [-0.15, -0.1) is 0 Å². The Morgan fingerprint density at radius 2 is 0.980 bits per heavy atom. The molecule has 0 radical (unpaired) electrons. The SMILES string of the molecule is CC(=O)N1CCC(N(C(=O)Nc2ccc(C(F)(F)F)cc2)N(C(=O)Nc2ccc(C(F)(F)F)cc2)C2CCN(C(=O)CC(C)(C)C)CC2)CC1. The highest BCUT2D eigenvalue weighted by Gasteiger charge is 2.41. The van der Waals surface area contributed by atoms with Gasteiger partial charge in [0.1, 0.15) is 0 Å². The van der Waals surface area contributed by atoms with Crippen LogP contribution in [0.5, 0.6) is 0 Å². The molecule has 2 saturated heterocycles. The number of likely N-dealkylation sites (tertiary alicyclic amines) is 2. The van der Waals surface area contributed by atoms with Gasteiger partial charge in [-0.1, -0.05) is 20.8 Å². The minimum atomic E-state index is -4.60. The van der Waals surface area contributed by atoms with Gasteiger partial charge in [0.25, 0.3) is 0 Å². The van der Waals surface area contributed by atoms with Gasteiger partial charge >= 0.3 is 24.4 Å². The summed E-state index contributed by atoms with van der Waals surface area (Å²) in [5, 5.41) is 7.60. The molecule has 274 valence electrons. The lowest BCUT2D eigenvalue weighted by Crippen LogP contribution is -2.63. The van der Waals surface area contributed by atoms with Crippen molar-refractivity contribution in [2.45, 2.75) is 84.2 Å². The first-order valence-corrected chi connectivity index (χ1v) is 16.3. The van der Waals surface area contributed by atoms with Gasteiger partial charge < -0.3 is 20.4 Å². The van der Waals surface area contributed by atoms with E-state index in [1.165, 1.54) is 16.9 Å². The summed E-state index contributed by atoms with van der Waals surface area (Å²) in [6, 6.07) is 4.61. The van der Waals surface area contributed by atoms with E-state index in [-0.39, 0.29) is 80.5 Å². The van der Waals surface area contributed by atoms with Gasteiger partial charge in [-0.2, -0.15) is 26.3 Å². The number of halogens is 6. The smallest absolute Gasteiger partial charge is 0.343 e. The third kappa shape index (κ3) is 10.0. The van der Waals surface area contributed by atoms with Crippen molar-refractivity contribution in [3.05, 3.63) is 59.7 Å². The second kappa shape index (κ2) is 15.2. The molecule has 2 N–H and O–H groups in total. The van der Waals surface area contributed by atoms with Gasteiger partial charge in [0.2, 0.25) is 11.8 Å². The number of hydrazine groups is 1. The molecule has 2 heterocycles. The lowest BCUT2D eigenvalue weighted by molar-refractivity contribution is -0.138. The van der Waals surface area contributed by atoms with Crippen LogP contribution in [0.3, 0.4) is 0 Å². The number of nitrogens with zero attached hydrogens (tertiary/aromatic N) is 4. The molecule has 2 aliphatic heterocycles. The molecular formula is C34H42F6N6O4. The van der Waals surface area contributed by atoms with E-state index in [1.807, 2.05) is 20.8 Å². The number of benzene rings is 2. The van der Waals surface area contributed by atoms with E-state index in [0.29, 0.717) is 6.42 Å². The molecule has 16 heteroatoms. The number of hydrogen-bond acceptors (Lipinski definition) is 4. The molecule has 2 aliphatic rings. The summed E-state index contributed by atoms with van der Waals surface area (Å²) in [5.74, 6) is -0.237. The molecule has 0 bridgehead atoms. The number of hydrogen-bond donors (Lipinski definition) is 2. The van der Waals surface area contributed by atoms with E-state index >= 15 is 0 Å². The van der Waals surface area contributed by atoms with Crippen LogP contribution in [0.1, 0.15) is 70.9 Å². The van der Waals surface area contributed by atoms with Crippen LogP contribution >= 0.6 is 0 Å². The standard InChI is InChI=1S/C34H42F6N6O4/c1-22(47)43-17-13-27(14-18-43)45(30(49)41-25-9-5-23(6-10-25)33(35,36)37)46(28-15-19-44(20-16-28)29(48)21-32(2,3)4)31(50)42-26-11-7-24(8-12-26)34(38,39)40/h5-12,27-28H,13-21H2,1-4H3,(H,41,49)(H,42,50). The average Bonchev–Trinajstić information content (AvgIpc) is 3.02. The Balaban J connectivity index is 1.68. The molecule has 0 aromatic heterocycles. The lowest BCUT2D eigenvalue weighted by atomic mass is 9.91. The first-order valence-electron chi connectivity index (χ1n) is 16.3. The van der Waals surface area contributed by atoms with Gasteiger partial charge in [-0.05, 0) is 79.6 Å². The first kappa shape index (κ1) is 38.3. The molecule has 0 unspecified atom stereocenters. The summed E-state index contributed by atoms with van der Waals surface area (Å²) < 4.78 is 79.3. The Kier molecular flexibility index (Phi) is 11.6. The topological polar surface area (TPSA) is 105 Å². The van der Waals surface area contributed by atoms with Gasteiger partial charge in [0.15, 0.2) is 0 Å². The number of rotatable bonds is 5. The molecule has 2 aromatic carbocycles. The van der Waals surface area contributed by atoms with Gasteiger partial charge in [0.05, 0.1) is 23.2 Å². The Morgan fingerprint density at radius 1 is 0.640 bits per heavy atom. The molecule has 4 rings (SSSR count). The quantitative estimate of drug-likeness (QED) is 0.248. The predicted octanol–water partition coefficient (Wildman–Crippen LogP) is 7.45. The number of amides is 6. The van der Waals surface area contributed by atoms with Crippen LogP contribution in [-0.2, 0) is 21.9 Å². The minimum Gasteiger partial charge on any atom is -0.343 e. The summed E-state index contributed by atoms with van der Waals surface area (Å²) in [6.45, 7) is 8.28. The average molecular weight is 713 g/mol. The number of carbonyl (C=O) groups is 4. The summed E-state index contributed by atoms with van der Waals surface area (Å²) in [7, 11) is 0. The van der Waals surface area contributed by atoms with Gasteiger partial charge in [-0.3, -0.25) is 9.59 Å². The highest BCUT2D eigenvalue weighted by Crippen LogP contribution is 2.33. The second-order valence-electron chi connectivity index (χ2n) is 13.8. The molecular weight excluding hydrogens is 670 g/mol. The molecule has 0 spiro atoms. The van der Waals surface area contributed by atoms with Crippen LogP contribution in [0, 0.1) is 5.41 Å². The largest absolute Gasteiger partial charge is 0.416 e. The maximum absolute atomic E-state index is 14.2. The van der Waals surface area contributed by atoms with Crippen molar-refractivity contribution in [3.8, 4) is 0 Å². The fourth-order valence-corrected chi connectivity index (χ4v) is 6.08. The Hall–Kier alpha value is -4.50. The van der Waals surface area contributed by atoms with Crippen LogP contribution in [0.4, 0.5) is 47.3 Å². The first-order chi connectivity index (χ1) is 23.2. The minimum absolute atomic E-state index is 0.0277. The number of nitrogens with one attached hydrogen (secondary N) is 2. The number of carbonyl (C=O) groups excluding carboxylic acids is 4. The van der Waals surface area contributed by atoms with Crippen LogP contribution in [0.2, 0.25) is 0 Å². The van der Waals surface area contributed by atoms with Crippen molar-refractivity contribution in [2.75, 3.05) is 36.8 Å². The summed E-state index contributed by atoms with van der Waals surface area (Å²) in [5.41, 5.74) is -2.05. The fraction of sp³-hybridized carbons (Fsp3) is 0.529. The van der Waals surface area contributed by atoms with Crippen LogP contribution < -0.4 is 10.6 Å². The van der Waals surface area contributed by atoms with Gasteiger partial charge in [-0.25, -0.2) is 19.6 Å². The molecule has 0 atom stereocenters.